The van der Waals surface area contributed by atoms with Crippen LogP contribution in [0.15, 0.2) is 36.4 Å². The Bertz CT molecular complexity index is 392. The topological polar surface area (TPSA) is 46.5 Å². The number of carboxylic acids is 1. The molecule has 2 rings (SSSR count). The second-order valence-electron chi connectivity index (χ2n) is 3.84. The summed E-state index contributed by atoms with van der Waals surface area (Å²) in [4.78, 5) is 10.7. The molecule has 1 atom stereocenters. The van der Waals surface area contributed by atoms with E-state index in [4.69, 9.17) is 9.84 Å². The first kappa shape index (κ1) is 10.7. The molecule has 0 aliphatic heterocycles. The van der Waals surface area contributed by atoms with Crippen LogP contribution in [0.3, 0.4) is 0 Å². The van der Waals surface area contributed by atoms with Gasteiger partial charge in [-0.2, -0.15) is 0 Å². The van der Waals surface area contributed by atoms with Gasteiger partial charge in [0.15, 0.2) is 0 Å². The van der Waals surface area contributed by atoms with Gasteiger partial charge in [-0.15, -0.1) is 0 Å². The number of aromatic carboxylic acids is 1. The Kier molecular flexibility index (Phi) is 3.25. The van der Waals surface area contributed by atoms with Crippen molar-refractivity contribution in [3.63, 3.8) is 0 Å². The van der Waals surface area contributed by atoms with E-state index < -0.39 is 5.97 Å². The second-order valence-corrected chi connectivity index (χ2v) is 3.84. The number of allylic oxidation sites excluding steroid dienone is 1. The lowest BCUT2D eigenvalue weighted by molar-refractivity contribution is 0.0697. The standard InChI is InChI=1S/C13H14O3/c14-13(15)10-6-8-12(9-7-10)16-11-4-2-1-3-5-11/h2,4,6-9,11H,1,3,5H2,(H,14,15). The highest BCUT2D eigenvalue weighted by Crippen LogP contribution is 2.19. The lowest BCUT2D eigenvalue weighted by atomic mass is 10.1. The Morgan fingerprint density at radius 2 is 2.06 bits per heavy atom. The van der Waals surface area contributed by atoms with Crippen molar-refractivity contribution in [3.8, 4) is 5.75 Å². The van der Waals surface area contributed by atoms with Crippen molar-refractivity contribution >= 4 is 5.97 Å². The molecule has 0 bridgehead atoms. The number of benzene rings is 1. The highest BCUT2D eigenvalue weighted by Gasteiger charge is 2.10. The van der Waals surface area contributed by atoms with E-state index in [1.165, 1.54) is 0 Å². The van der Waals surface area contributed by atoms with Gasteiger partial charge >= 0.3 is 5.97 Å². The molecule has 0 fully saturated rings. The lowest BCUT2D eigenvalue weighted by Gasteiger charge is -2.18. The van der Waals surface area contributed by atoms with Gasteiger partial charge in [-0.25, -0.2) is 4.79 Å². The first-order chi connectivity index (χ1) is 7.75. The van der Waals surface area contributed by atoms with E-state index in [-0.39, 0.29) is 11.7 Å². The third kappa shape index (κ3) is 2.63. The maximum atomic E-state index is 10.7. The summed E-state index contributed by atoms with van der Waals surface area (Å²) < 4.78 is 5.71. The van der Waals surface area contributed by atoms with Gasteiger partial charge in [-0.1, -0.05) is 6.08 Å². The van der Waals surface area contributed by atoms with Crippen molar-refractivity contribution in [2.75, 3.05) is 0 Å². The number of hydrogen-bond donors (Lipinski definition) is 1. The fourth-order valence-electron chi connectivity index (χ4n) is 1.73. The molecule has 1 unspecified atom stereocenters. The van der Waals surface area contributed by atoms with Crippen LogP contribution in [0, 0.1) is 0 Å². The Morgan fingerprint density at radius 3 is 2.62 bits per heavy atom. The highest BCUT2D eigenvalue weighted by atomic mass is 16.5. The van der Waals surface area contributed by atoms with Crippen molar-refractivity contribution in [2.24, 2.45) is 0 Å². The minimum Gasteiger partial charge on any atom is -0.486 e. The molecule has 1 aromatic rings. The van der Waals surface area contributed by atoms with Gasteiger partial charge in [-0.3, -0.25) is 0 Å². The van der Waals surface area contributed by atoms with Crippen LogP contribution in [0.4, 0.5) is 0 Å². The van der Waals surface area contributed by atoms with Gasteiger partial charge in [0.1, 0.15) is 11.9 Å². The Labute approximate surface area is 94.4 Å². The van der Waals surface area contributed by atoms with Crippen LogP contribution in [0.1, 0.15) is 29.6 Å². The summed E-state index contributed by atoms with van der Waals surface area (Å²) in [7, 11) is 0. The second kappa shape index (κ2) is 4.84. The van der Waals surface area contributed by atoms with Crippen LogP contribution in [-0.2, 0) is 0 Å². The normalized spacial score (nSPS) is 19.4. The molecule has 3 heteroatoms. The zero-order chi connectivity index (χ0) is 11.4. The molecule has 1 aromatic carbocycles. The molecule has 0 saturated heterocycles. The van der Waals surface area contributed by atoms with Crippen molar-refractivity contribution in [1.82, 2.24) is 0 Å². The molecule has 0 amide bonds. The third-order valence-corrected chi connectivity index (χ3v) is 2.60. The average molecular weight is 218 g/mol. The zero-order valence-corrected chi connectivity index (χ0v) is 8.93. The van der Waals surface area contributed by atoms with Crippen LogP contribution in [-0.4, -0.2) is 17.2 Å². The summed E-state index contributed by atoms with van der Waals surface area (Å²) in [5, 5.41) is 8.75. The number of carbonyl (C=O) groups is 1. The largest absolute Gasteiger partial charge is 0.486 e. The molecule has 1 aliphatic carbocycles. The maximum Gasteiger partial charge on any atom is 0.335 e. The SMILES string of the molecule is O=C(O)c1ccc(OC2C=CCCC2)cc1. The van der Waals surface area contributed by atoms with Crippen LogP contribution in [0.5, 0.6) is 5.75 Å². The molecule has 0 spiro atoms. The third-order valence-electron chi connectivity index (χ3n) is 2.60. The first-order valence-electron chi connectivity index (χ1n) is 5.42. The molecule has 16 heavy (non-hydrogen) atoms. The zero-order valence-electron chi connectivity index (χ0n) is 8.93. The van der Waals surface area contributed by atoms with Crippen LogP contribution >= 0.6 is 0 Å². The van der Waals surface area contributed by atoms with Crippen molar-refractivity contribution in [3.05, 3.63) is 42.0 Å². The van der Waals surface area contributed by atoms with E-state index >= 15 is 0 Å². The number of rotatable bonds is 3. The number of hydrogen-bond acceptors (Lipinski definition) is 2. The Balaban J connectivity index is 2.02. The average Bonchev–Trinajstić information content (AvgIpc) is 2.31. The monoisotopic (exact) mass is 218 g/mol. The highest BCUT2D eigenvalue weighted by molar-refractivity contribution is 5.87. The lowest BCUT2D eigenvalue weighted by Crippen LogP contribution is -2.15. The minimum absolute atomic E-state index is 0.129. The Morgan fingerprint density at radius 1 is 1.31 bits per heavy atom. The van der Waals surface area contributed by atoms with Crippen LogP contribution in [0.25, 0.3) is 0 Å². The fourth-order valence-corrected chi connectivity index (χ4v) is 1.73. The quantitative estimate of drug-likeness (QED) is 0.793. The van der Waals surface area contributed by atoms with Gasteiger partial charge in [0, 0.05) is 0 Å². The van der Waals surface area contributed by atoms with Gasteiger partial charge in [0.2, 0.25) is 0 Å². The summed E-state index contributed by atoms with van der Waals surface area (Å²) in [6, 6.07) is 6.52. The summed E-state index contributed by atoms with van der Waals surface area (Å²) in [5.41, 5.74) is 0.284. The van der Waals surface area contributed by atoms with Gasteiger partial charge in [0.25, 0.3) is 0 Å². The Hall–Kier alpha value is -1.77. The molecule has 0 aromatic heterocycles. The molecule has 1 N–H and O–H groups in total. The minimum atomic E-state index is -0.913. The summed E-state index contributed by atoms with van der Waals surface area (Å²) in [6.45, 7) is 0. The molecular weight excluding hydrogens is 204 g/mol. The summed E-state index contributed by atoms with van der Waals surface area (Å²) in [5.74, 6) is -0.189. The smallest absolute Gasteiger partial charge is 0.335 e. The maximum absolute atomic E-state index is 10.7. The predicted molar refractivity (Wildman–Crippen MR) is 60.8 cm³/mol. The van der Waals surface area contributed by atoms with Gasteiger partial charge < -0.3 is 9.84 Å². The van der Waals surface area contributed by atoms with Crippen LogP contribution < -0.4 is 4.74 Å². The number of ether oxygens (including phenoxy) is 1. The molecule has 0 radical (unpaired) electrons. The van der Waals surface area contributed by atoms with Crippen molar-refractivity contribution in [2.45, 2.75) is 25.4 Å². The molecule has 0 saturated carbocycles. The van der Waals surface area contributed by atoms with E-state index in [0.717, 1.165) is 25.0 Å². The van der Waals surface area contributed by atoms with E-state index in [9.17, 15) is 4.79 Å². The van der Waals surface area contributed by atoms with Crippen molar-refractivity contribution < 1.29 is 14.6 Å². The molecular formula is C13H14O3. The summed E-state index contributed by atoms with van der Waals surface area (Å²) >= 11 is 0. The predicted octanol–water partition coefficient (Wildman–Crippen LogP) is 2.87. The van der Waals surface area contributed by atoms with Crippen LogP contribution in [0.2, 0.25) is 0 Å². The number of carboxylic acid groups (broad SMARTS) is 1. The molecule has 3 nitrogen and oxygen atoms in total. The van der Waals surface area contributed by atoms with Crippen molar-refractivity contribution in [1.29, 1.82) is 0 Å². The molecule has 1 aliphatic rings. The van der Waals surface area contributed by atoms with E-state index in [1.807, 2.05) is 0 Å². The van der Waals surface area contributed by atoms with E-state index in [1.54, 1.807) is 24.3 Å². The van der Waals surface area contributed by atoms with E-state index in [0.29, 0.717) is 0 Å². The van der Waals surface area contributed by atoms with E-state index in [2.05, 4.69) is 12.2 Å². The fraction of sp³-hybridized carbons (Fsp3) is 0.308. The summed E-state index contributed by atoms with van der Waals surface area (Å²) in [6.07, 6.45) is 7.61. The first-order valence-corrected chi connectivity index (χ1v) is 5.42. The molecule has 0 heterocycles. The van der Waals surface area contributed by atoms with Gasteiger partial charge in [0.05, 0.1) is 5.56 Å². The molecule has 84 valence electrons. The van der Waals surface area contributed by atoms with Gasteiger partial charge in [-0.05, 0) is 49.6 Å².